The molecule has 0 heterocycles. The molecular weight excluding hydrogens is 235 g/mol. The lowest BCUT2D eigenvalue weighted by Crippen LogP contribution is -2.38. The van der Waals surface area contributed by atoms with E-state index in [4.69, 9.17) is 10.5 Å². The second-order valence-corrected chi connectivity index (χ2v) is 3.57. The number of hydrogen-bond acceptors (Lipinski definition) is 3. The van der Waals surface area contributed by atoms with Gasteiger partial charge in [-0.3, -0.25) is 0 Å². The van der Waals surface area contributed by atoms with Gasteiger partial charge in [0.25, 0.3) is 0 Å². The Morgan fingerprint density at radius 2 is 1.94 bits per heavy atom. The van der Waals surface area contributed by atoms with Crippen molar-refractivity contribution in [2.45, 2.75) is 18.2 Å². The van der Waals surface area contributed by atoms with Gasteiger partial charge < -0.3 is 15.6 Å². The molecule has 0 saturated heterocycles. The average molecular weight is 249 g/mol. The van der Waals surface area contributed by atoms with Crippen molar-refractivity contribution in [3.8, 4) is 5.75 Å². The van der Waals surface area contributed by atoms with Crippen molar-refractivity contribution in [3.63, 3.8) is 0 Å². The van der Waals surface area contributed by atoms with Gasteiger partial charge in [-0.05, 0) is 6.07 Å². The molecule has 0 radical (unpaired) electrons. The van der Waals surface area contributed by atoms with Gasteiger partial charge in [-0.15, -0.1) is 0 Å². The molecule has 0 aliphatic heterocycles. The number of aliphatic hydroxyl groups excluding tert-OH is 1. The van der Waals surface area contributed by atoms with Gasteiger partial charge in [-0.2, -0.15) is 13.2 Å². The highest BCUT2D eigenvalue weighted by Crippen LogP contribution is 2.35. The third kappa shape index (κ3) is 3.10. The second-order valence-electron chi connectivity index (χ2n) is 3.57. The first-order chi connectivity index (χ1) is 7.91. The van der Waals surface area contributed by atoms with Gasteiger partial charge in [0.1, 0.15) is 5.75 Å². The van der Waals surface area contributed by atoms with Crippen molar-refractivity contribution < 1.29 is 23.0 Å². The van der Waals surface area contributed by atoms with Crippen molar-refractivity contribution in [2.75, 3.05) is 13.7 Å². The summed E-state index contributed by atoms with van der Waals surface area (Å²) in [5.41, 5.74) is 5.56. The van der Waals surface area contributed by atoms with Gasteiger partial charge in [-0.1, -0.05) is 18.2 Å². The fourth-order valence-electron chi connectivity index (χ4n) is 1.63. The molecule has 1 rings (SSSR count). The topological polar surface area (TPSA) is 55.5 Å². The molecule has 2 unspecified atom stereocenters. The Labute approximate surface area is 97.0 Å². The number of nitrogens with two attached hydrogens (primary N) is 1. The molecule has 0 saturated carbocycles. The van der Waals surface area contributed by atoms with E-state index in [0.29, 0.717) is 0 Å². The lowest BCUT2D eigenvalue weighted by Gasteiger charge is -2.25. The highest BCUT2D eigenvalue weighted by atomic mass is 19.4. The van der Waals surface area contributed by atoms with Crippen molar-refractivity contribution in [1.82, 2.24) is 0 Å². The summed E-state index contributed by atoms with van der Waals surface area (Å²) in [5, 5.41) is 9.26. The maximum atomic E-state index is 12.5. The van der Waals surface area contributed by atoms with Crippen LogP contribution in [0.5, 0.6) is 5.75 Å². The monoisotopic (exact) mass is 249 g/mol. The Morgan fingerprint density at radius 3 is 2.41 bits per heavy atom. The van der Waals surface area contributed by atoms with Crippen LogP contribution in [-0.2, 0) is 0 Å². The number of benzene rings is 1. The van der Waals surface area contributed by atoms with Gasteiger partial charge in [0, 0.05) is 18.0 Å². The van der Waals surface area contributed by atoms with Crippen molar-refractivity contribution in [1.29, 1.82) is 0 Å². The van der Waals surface area contributed by atoms with Gasteiger partial charge in [0.05, 0.1) is 7.11 Å². The first-order valence-electron chi connectivity index (χ1n) is 4.99. The number of methoxy groups -OCH3 is 1. The minimum absolute atomic E-state index is 0.252. The molecule has 96 valence electrons. The van der Waals surface area contributed by atoms with E-state index in [1.54, 1.807) is 12.1 Å². The summed E-state index contributed by atoms with van der Waals surface area (Å²) in [6.45, 7) is -0.318. The fraction of sp³-hybridized carbons (Fsp3) is 0.455. The largest absolute Gasteiger partial charge is 0.496 e. The van der Waals surface area contributed by atoms with E-state index in [1.807, 2.05) is 0 Å². The van der Waals surface area contributed by atoms with Crippen molar-refractivity contribution in [2.24, 2.45) is 5.73 Å². The molecule has 3 N–H and O–H groups in total. The van der Waals surface area contributed by atoms with Crippen LogP contribution < -0.4 is 10.5 Å². The van der Waals surface area contributed by atoms with Crippen LogP contribution in [0.2, 0.25) is 0 Å². The summed E-state index contributed by atoms with van der Waals surface area (Å²) < 4.78 is 42.3. The first kappa shape index (κ1) is 13.8. The first-order valence-corrected chi connectivity index (χ1v) is 4.99. The van der Waals surface area contributed by atoms with Crippen LogP contribution in [0.4, 0.5) is 13.2 Å². The van der Waals surface area contributed by atoms with Crippen LogP contribution in [0.15, 0.2) is 24.3 Å². The Bertz CT molecular complexity index is 368. The number of alkyl halides is 3. The predicted octanol–water partition coefficient (Wildman–Crippen LogP) is 1.66. The molecule has 0 amide bonds. The molecule has 17 heavy (non-hydrogen) atoms. The third-order valence-corrected chi connectivity index (χ3v) is 2.51. The lowest BCUT2D eigenvalue weighted by molar-refractivity contribution is -0.210. The van der Waals surface area contributed by atoms with Crippen LogP contribution in [0.25, 0.3) is 0 Å². The molecule has 0 spiro atoms. The molecule has 6 heteroatoms. The van der Waals surface area contributed by atoms with E-state index in [1.165, 1.54) is 19.2 Å². The van der Waals surface area contributed by atoms with Crippen molar-refractivity contribution in [3.05, 3.63) is 29.8 Å². The summed E-state index contributed by atoms with van der Waals surface area (Å²) >= 11 is 0. The number of aliphatic hydroxyl groups is 1. The molecule has 1 aromatic carbocycles. The Hall–Kier alpha value is -1.27. The van der Waals surface area contributed by atoms with E-state index >= 15 is 0 Å². The summed E-state index contributed by atoms with van der Waals surface area (Å²) in [6, 6.07) is 6.20. The normalized spacial score (nSPS) is 15.4. The Kier molecular flexibility index (Phi) is 4.36. The van der Waals surface area contributed by atoms with E-state index in [9.17, 15) is 18.3 Å². The van der Waals surface area contributed by atoms with Crippen LogP contribution in [0.3, 0.4) is 0 Å². The molecular formula is C11H14F3NO2. The number of halogens is 3. The Morgan fingerprint density at radius 1 is 1.35 bits per heavy atom. The smallest absolute Gasteiger partial charge is 0.414 e. The van der Waals surface area contributed by atoms with Gasteiger partial charge in [-0.25, -0.2) is 0 Å². The number of ether oxygens (including phenoxy) is 1. The quantitative estimate of drug-likeness (QED) is 0.853. The zero-order chi connectivity index (χ0) is 13.1. The van der Waals surface area contributed by atoms with Gasteiger partial charge >= 0.3 is 6.18 Å². The summed E-state index contributed by atoms with van der Waals surface area (Å²) in [5.74, 6) is -0.947. The van der Waals surface area contributed by atoms with Crippen LogP contribution in [0, 0.1) is 0 Å². The molecule has 0 aliphatic carbocycles. The molecule has 0 aromatic heterocycles. The minimum Gasteiger partial charge on any atom is -0.496 e. The third-order valence-electron chi connectivity index (χ3n) is 2.51. The van der Waals surface area contributed by atoms with Crippen LogP contribution in [-0.4, -0.2) is 31.0 Å². The van der Waals surface area contributed by atoms with E-state index < -0.39 is 18.2 Å². The lowest BCUT2D eigenvalue weighted by atomic mass is 9.92. The zero-order valence-electron chi connectivity index (χ0n) is 9.24. The summed E-state index contributed by atoms with van der Waals surface area (Å²) in [4.78, 5) is 0. The SMILES string of the molecule is COc1ccccc1C(CN)C(O)C(F)(F)F. The van der Waals surface area contributed by atoms with E-state index in [2.05, 4.69) is 0 Å². The highest BCUT2D eigenvalue weighted by Gasteiger charge is 2.44. The summed E-state index contributed by atoms with van der Waals surface area (Å²) in [6.07, 6.45) is -7.20. The maximum absolute atomic E-state index is 12.5. The van der Waals surface area contributed by atoms with Gasteiger partial charge in [0.2, 0.25) is 0 Å². The Balaban J connectivity index is 3.09. The molecule has 0 fully saturated rings. The fourth-order valence-corrected chi connectivity index (χ4v) is 1.63. The van der Waals surface area contributed by atoms with Crippen LogP contribution in [0.1, 0.15) is 11.5 Å². The number of hydrogen-bond donors (Lipinski definition) is 2. The number of rotatable bonds is 4. The minimum atomic E-state index is -4.70. The standard InChI is InChI=1S/C11H14F3NO2/c1-17-9-5-3-2-4-7(9)8(6-15)10(16)11(12,13)14/h2-5,8,10,16H,6,15H2,1H3. The molecule has 1 aromatic rings. The van der Waals surface area contributed by atoms with E-state index in [0.717, 1.165) is 0 Å². The highest BCUT2D eigenvalue weighted by molar-refractivity contribution is 5.37. The molecule has 0 bridgehead atoms. The second kappa shape index (κ2) is 5.37. The average Bonchev–Trinajstić information content (AvgIpc) is 2.29. The maximum Gasteiger partial charge on any atom is 0.414 e. The number of para-hydroxylation sites is 1. The van der Waals surface area contributed by atoms with E-state index in [-0.39, 0.29) is 17.9 Å². The van der Waals surface area contributed by atoms with Gasteiger partial charge in [0.15, 0.2) is 6.10 Å². The van der Waals surface area contributed by atoms with Crippen molar-refractivity contribution >= 4 is 0 Å². The van der Waals surface area contributed by atoms with Crippen LogP contribution >= 0.6 is 0 Å². The predicted molar refractivity (Wildman–Crippen MR) is 56.9 cm³/mol. The summed E-state index contributed by atoms with van der Waals surface area (Å²) in [7, 11) is 1.35. The zero-order valence-corrected chi connectivity index (χ0v) is 9.24. The molecule has 2 atom stereocenters. The molecule has 0 aliphatic rings. The molecule has 3 nitrogen and oxygen atoms in total.